The van der Waals surface area contributed by atoms with E-state index in [9.17, 15) is 9.90 Å². The predicted molar refractivity (Wildman–Crippen MR) is 85.8 cm³/mol. The summed E-state index contributed by atoms with van der Waals surface area (Å²) in [6, 6.07) is 10.1. The maximum Gasteiger partial charge on any atom is 0.264 e. The van der Waals surface area contributed by atoms with Crippen molar-refractivity contribution >= 4 is 27.3 Å². The van der Waals surface area contributed by atoms with Crippen molar-refractivity contribution in [1.29, 1.82) is 0 Å². The highest BCUT2D eigenvalue weighted by atomic mass is 32.1. The van der Waals surface area contributed by atoms with Gasteiger partial charge in [0.2, 0.25) is 0 Å². The number of hydrogen-bond donors (Lipinski definition) is 1. The van der Waals surface area contributed by atoms with Gasteiger partial charge in [-0.15, -0.1) is 11.3 Å². The first-order valence-electron chi connectivity index (χ1n) is 7.17. The number of fused-ring (bicyclic) bond motifs is 1. The number of carbonyl (C=O) groups is 1. The molecular weight excluding hydrogens is 284 g/mol. The first kappa shape index (κ1) is 14.5. The van der Waals surface area contributed by atoms with Gasteiger partial charge in [0, 0.05) is 23.8 Å². The molecule has 0 saturated carbocycles. The van der Waals surface area contributed by atoms with Crippen LogP contribution in [0.3, 0.4) is 0 Å². The molecule has 1 aromatic heterocycles. The van der Waals surface area contributed by atoms with Gasteiger partial charge in [-0.2, -0.15) is 0 Å². The van der Waals surface area contributed by atoms with Gasteiger partial charge in [0.1, 0.15) is 0 Å². The van der Waals surface area contributed by atoms with Crippen LogP contribution in [-0.4, -0.2) is 60.1 Å². The number of carbonyl (C=O) groups excluding carboxylic acids is 1. The summed E-state index contributed by atoms with van der Waals surface area (Å²) in [4.78, 5) is 17.4. The van der Waals surface area contributed by atoms with Gasteiger partial charge in [0.25, 0.3) is 5.91 Å². The molecule has 2 aromatic rings. The van der Waals surface area contributed by atoms with Gasteiger partial charge in [-0.25, -0.2) is 0 Å². The Morgan fingerprint density at radius 1 is 1.43 bits per heavy atom. The van der Waals surface area contributed by atoms with E-state index in [1.807, 2.05) is 49.3 Å². The standard InChI is InChI=1S/C16H20N2O2S/c1-17(2)9-12-8-13(19)10-18(12)16(20)15-7-11-5-3-4-6-14(11)21-15/h3-7,12-13,19H,8-10H2,1-2H3. The fourth-order valence-electron chi connectivity index (χ4n) is 2.96. The lowest BCUT2D eigenvalue weighted by Gasteiger charge is -2.26. The Bertz CT molecular complexity index is 620. The average molecular weight is 304 g/mol. The molecule has 0 spiro atoms. The summed E-state index contributed by atoms with van der Waals surface area (Å²) < 4.78 is 1.13. The second-order valence-corrected chi connectivity index (χ2v) is 7.00. The van der Waals surface area contributed by atoms with Crippen LogP contribution >= 0.6 is 11.3 Å². The number of hydrogen-bond acceptors (Lipinski definition) is 4. The minimum Gasteiger partial charge on any atom is -0.391 e. The summed E-state index contributed by atoms with van der Waals surface area (Å²) in [7, 11) is 3.99. The third kappa shape index (κ3) is 2.95. The molecule has 1 fully saturated rings. The minimum absolute atomic E-state index is 0.0413. The molecule has 1 saturated heterocycles. The summed E-state index contributed by atoms with van der Waals surface area (Å²) in [6.45, 7) is 1.22. The lowest BCUT2D eigenvalue weighted by atomic mass is 10.2. The Morgan fingerprint density at radius 3 is 2.90 bits per heavy atom. The molecular formula is C16H20N2O2S. The van der Waals surface area contributed by atoms with Gasteiger partial charge < -0.3 is 14.9 Å². The fraction of sp³-hybridized carbons (Fsp3) is 0.438. The quantitative estimate of drug-likeness (QED) is 0.944. The van der Waals surface area contributed by atoms with Crippen molar-refractivity contribution in [2.45, 2.75) is 18.6 Å². The lowest BCUT2D eigenvalue weighted by Crippen LogP contribution is -2.41. The number of β-amino-alcohol motifs (C(OH)–C–C–N with tert-alkyl or cyclic N) is 1. The van der Waals surface area contributed by atoms with E-state index in [4.69, 9.17) is 0 Å². The Balaban J connectivity index is 1.85. The zero-order valence-corrected chi connectivity index (χ0v) is 13.1. The molecule has 4 nitrogen and oxygen atoms in total. The van der Waals surface area contributed by atoms with Gasteiger partial charge in [0.05, 0.1) is 11.0 Å². The highest BCUT2D eigenvalue weighted by molar-refractivity contribution is 7.20. The number of likely N-dealkylation sites (N-methyl/N-ethyl adjacent to an activating group) is 1. The number of amides is 1. The van der Waals surface area contributed by atoms with Crippen LogP contribution < -0.4 is 0 Å². The van der Waals surface area contributed by atoms with E-state index in [1.165, 1.54) is 11.3 Å². The van der Waals surface area contributed by atoms with Crippen molar-refractivity contribution in [3.05, 3.63) is 35.2 Å². The van der Waals surface area contributed by atoms with E-state index >= 15 is 0 Å². The molecule has 2 unspecified atom stereocenters. The van der Waals surface area contributed by atoms with Crippen LogP contribution in [0.15, 0.2) is 30.3 Å². The van der Waals surface area contributed by atoms with Crippen molar-refractivity contribution in [2.75, 3.05) is 27.2 Å². The summed E-state index contributed by atoms with van der Waals surface area (Å²) in [5.41, 5.74) is 0. The Morgan fingerprint density at radius 2 is 2.19 bits per heavy atom. The second kappa shape index (κ2) is 5.75. The average Bonchev–Trinajstić information content (AvgIpc) is 3.00. The van der Waals surface area contributed by atoms with Gasteiger partial charge >= 0.3 is 0 Å². The van der Waals surface area contributed by atoms with E-state index < -0.39 is 6.10 Å². The van der Waals surface area contributed by atoms with E-state index in [2.05, 4.69) is 4.90 Å². The number of rotatable bonds is 3. The zero-order valence-electron chi connectivity index (χ0n) is 12.3. The third-order valence-corrected chi connectivity index (χ3v) is 4.97. The Labute approximate surface area is 128 Å². The molecule has 0 aliphatic carbocycles. The minimum atomic E-state index is -0.409. The zero-order chi connectivity index (χ0) is 15.0. The molecule has 0 bridgehead atoms. The van der Waals surface area contributed by atoms with E-state index in [0.29, 0.717) is 13.0 Å². The lowest BCUT2D eigenvalue weighted by molar-refractivity contribution is 0.0704. The SMILES string of the molecule is CN(C)CC1CC(O)CN1C(=O)c1cc2ccccc2s1. The fourth-order valence-corrected chi connectivity index (χ4v) is 3.98. The predicted octanol–water partition coefficient (Wildman–Crippen LogP) is 2.04. The maximum absolute atomic E-state index is 12.8. The number of aliphatic hydroxyl groups is 1. The van der Waals surface area contributed by atoms with Gasteiger partial charge in [-0.3, -0.25) is 4.79 Å². The van der Waals surface area contributed by atoms with E-state index in [1.54, 1.807) is 0 Å². The topological polar surface area (TPSA) is 43.8 Å². The smallest absolute Gasteiger partial charge is 0.264 e. The number of benzene rings is 1. The molecule has 5 heteroatoms. The molecule has 2 heterocycles. The van der Waals surface area contributed by atoms with Crippen LogP contribution in [0.4, 0.5) is 0 Å². The Kier molecular flexibility index (Phi) is 3.97. The van der Waals surface area contributed by atoms with Crippen molar-refractivity contribution in [3.63, 3.8) is 0 Å². The molecule has 2 atom stereocenters. The second-order valence-electron chi connectivity index (χ2n) is 5.91. The van der Waals surface area contributed by atoms with Crippen molar-refractivity contribution in [1.82, 2.24) is 9.80 Å². The van der Waals surface area contributed by atoms with Crippen LogP contribution in [0.5, 0.6) is 0 Å². The van der Waals surface area contributed by atoms with Gasteiger partial charge in [-0.1, -0.05) is 18.2 Å². The molecule has 21 heavy (non-hydrogen) atoms. The van der Waals surface area contributed by atoms with Crippen molar-refractivity contribution in [3.8, 4) is 0 Å². The molecule has 1 aromatic carbocycles. The Hall–Kier alpha value is -1.43. The number of nitrogens with zero attached hydrogens (tertiary/aromatic N) is 2. The number of aliphatic hydroxyl groups excluding tert-OH is 1. The van der Waals surface area contributed by atoms with Gasteiger partial charge in [0.15, 0.2) is 0 Å². The van der Waals surface area contributed by atoms with Crippen LogP contribution in [0, 0.1) is 0 Å². The molecule has 1 aliphatic rings. The molecule has 112 valence electrons. The first-order chi connectivity index (χ1) is 10.0. The summed E-state index contributed by atoms with van der Waals surface area (Å²) in [5, 5.41) is 11.0. The van der Waals surface area contributed by atoms with Crippen LogP contribution in [-0.2, 0) is 0 Å². The summed E-state index contributed by atoms with van der Waals surface area (Å²) in [5.74, 6) is 0.0413. The first-order valence-corrected chi connectivity index (χ1v) is 7.98. The highest BCUT2D eigenvalue weighted by Gasteiger charge is 2.35. The number of thiophene rings is 1. The molecule has 3 rings (SSSR count). The normalized spacial score (nSPS) is 22.4. The van der Waals surface area contributed by atoms with Crippen LogP contribution in [0.25, 0.3) is 10.1 Å². The van der Waals surface area contributed by atoms with Crippen molar-refractivity contribution in [2.24, 2.45) is 0 Å². The van der Waals surface area contributed by atoms with Gasteiger partial charge in [-0.05, 0) is 38.0 Å². The van der Waals surface area contributed by atoms with Crippen LogP contribution in [0.1, 0.15) is 16.1 Å². The largest absolute Gasteiger partial charge is 0.391 e. The van der Waals surface area contributed by atoms with Crippen molar-refractivity contribution < 1.29 is 9.90 Å². The van der Waals surface area contributed by atoms with E-state index in [-0.39, 0.29) is 11.9 Å². The summed E-state index contributed by atoms with van der Waals surface area (Å²) in [6.07, 6.45) is 0.253. The highest BCUT2D eigenvalue weighted by Crippen LogP contribution is 2.29. The molecule has 1 N–H and O–H groups in total. The number of likely N-dealkylation sites (tertiary alicyclic amines) is 1. The van der Waals surface area contributed by atoms with Crippen LogP contribution in [0.2, 0.25) is 0 Å². The van der Waals surface area contributed by atoms with E-state index in [0.717, 1.165) is 21.5 Å². The summed E-state index contributed by atoms with van der Waals surface area (Å²) >= 11 is 1.53. The molecule has 1 amide bonds. The molecule has 1 aliphatic heterocycles. The third-order valence-electron chi connectivity index (χ3n) is 3.87. The monoisotopic (exact) mass is 304 g/mol. The maximum atomic E-state index is 12.8. The molecule has 0 radical (unpaired) electrons.